The highest BCUT2D eigenvalue weighted by atomic mass is 16.5. The van der Waals surface area contributed by atoms with E-state index in [-0.39, 0.29) is 0 Å². The van der Waals surface area contributed by atoms with E-state index in [0.29, 0.717) is 5.92 Å². The van der Waals surface area contributed by atoms with Gasteiger partial charge in [0.1, 0.15) is 5.75 Å². The molecule has 1 heterocycles. The number of benzene rings is 1. The molecular formula is C13H19NO. The fraction of sp³-hybridized carbons (Fsp3) is 0.538. The number of aryl methyl sites for hydroxylation is 1. The first-order valence-electron chi connectivity index (χ1n) is 5.66. The Labute approximate surface area is 91.6 Å². The highest BCUT2D eigenvalue weighted by Crippen LogP contribution is 2.31. The van der Waals surface area contributed by atoms with Crippen molar-refractivity contribution < 1.29 is 4.74 Å². The van der Waals surface area contributed by atoms with Gasteiger partial charge in [0, 0.05) is 12.5 Å². The molecule has 1 aliphatic rings. The molecule has 0 spiro atoms. The second-order valence-corrected chi connectivity index (χ2v) is 4.29. The highest BCUT2D eigenvalue weighted by molar-refractivity contribution is 5.39. The molecule has 2 rings (SSSR count). The van der Waals surface area contributed by atoms with Crippen molar-refractivity contribution in [2.75, 3.05) is 20.2 Å². The predicted octanol–water partition coefficient (Wildman–Crippen LogP) is 2.47. The van der Waals surface area contributed by atoms with Crippen LogP contribution < -0.4 is 10.1 Å². The molecule has 0 bridgehead atoms. The summed E-state index contributed by atoms with van der Waals surface area (Å²) in [5.74, 6) is 1.66. The molecule has 82 valence electrons. The number of ether oxygens (including phenoxy) is 1. The van der Waals surface area contributed by atoms with Crippen LogP contribution in [0.2, 0.25) is 0 Å². The van der Waals surface area contributed by atoms with Crippen LogP contribution in [0.4, 0.5) is 0 Å². The van der Waals surface area contributed by atoms with E-state index >= 15 is 0 Å². The number of methoxy groups -OCH3 is 1. The van der Waals surface area contributed by atoms with Gasteiger partial charge in [-0.05, 0) is 37.9 Å². The molecule has 2 nitrogen and oxygen atoms in total. The van der Waals surface area contributed by atoms with Gasteiger partial charge in [0.05, 0.1) is 7.11 Å². The van der Waals surface area contributed by atoms with Crippen molar-refractivity contribution in [2.24, 2.45) is 0 Å². The van der Waals surface area contributed by atoms with Crippen LogP contribution in [0.3, 0.4) is 0 Å². The first kappa shape index (κ1) is 10.5. The van der Waals surface area contributed by atoms with Gasteiger partial charge in [0.15, 0.2) is 0 Å². The second kappa shape index (κ2) is 4.67. The fourth-order valence-corrected chi connectivity index (χ4v) is 2.29. The van der Waals surface area contributed by atoms with Gasteiger partial charge in [0.25, 0.3) is 0 Å². The summed E-state index contributed by atoms with van der Waals surface area (Å²) in [7, 11) is 1.75. The average molecular weight is 205 g/mol. The molecule has 15 heavy (non-hydrogen) atoms. The third kappa shape index (κ3) is 2.32. The highest BCUT2D eigenvalue weighted by Gasteiger charge is 2.18. The molecule has 1 atom stereocenters. The molecule has 2 heteroatoms. The SMILES string of the molecule is COc1ccc(C)cc1C1CCCNC1. The number of rotatable bonds is 2. The minimum Gasteiger partial charge on any atom is -0.496 e. The minimum absolute atomic E-state index is 0.619. The summed E-state index contributed by atoms with van der Waals surface area (Å²) in [6.07, 6.45) is 2.54. The van der Waals surface area contributed by atoms with Gasteiger partial charge in [-0.3, -0.25) is 0 Å². The number of hydrogen-bond donors (Lipinski definition) is 1. The van der Waals surface area contributed by atoms with Gasteiger partial charge in [-0.15, -0.1) is 0 Å². The molecule has 1 fully saturated rings. The van der Waals surface area contributed by atoms with E-state index in [0.717, 1.165) is 18.8 Å². The van der Waals surface area contributed by atoms with E-state index < -0.39 is 0 Å². The summed E-state index contributed by atoms with van der Waals surface area (Å²) in [6, 6.07) is 6.45. The molecule has 0 saturated carbocycles. The zero-order valence-electron chi connectivity index (χ0n) is 9.55. The summed E-state index contributed by atoms with van der Waals surface area (Å²) in [4.78, 5) is 0. The van der Waals surface area contributed by atoms with Crippen molar-refractivity contribution >= 4 is 0 Å². The lowest BCUT2D eigenvalue weighted by Crippen LogP contribution is -2.28. The normalized spacial score (nSPS) is 21.3. The van der Waals surface area contributed by atoms with Crippen molar-refractivity contribution in [3.05, 3.63) is 29.3 Å². The van der Waals surface area contributed by atoms with E-state index in [4.69, 9.17) is 4.74 Å². The molecular weight excluding hydrogens is 186 g/mol. The lowest BCUT2D eigenvalue weighted by atomic mass is 9.90. The van der Waals surface area contributed by atoms with Crippen molar-refractivity contribution in [1.82, 2.24) is 5.32 Å². The smallest absolute Gasteiger partial charge is 0.122 e. The van der Waals surface area contributed by atoms with Crippen LogP contribution >= 0.6 is 0 Å². The number of hydrogen-bond acceptors (Lipinski definition) is 2. The topological polar surface area (TPSA) is 21.3 Å². The van der Waals surface area contributed by atoms with Crippen LogP contribution in [0.25, 0.3) is 0 Å². The first-order valence-corrected chi connectivity index (χ1v) is 5.66. The molecule has 0 radical (unpaired) electrons. The Morgan fingerprint density at radius 1 is 1.40 bits per heavy atom. The molecule has 1 unspecified atom stereocenters. The monoisotopic (exact) mass is 205 g/mol. The van der Waals surface area contributed by atoms with Gasteiger partial charge in [-0.1, -0.05) is 17.7 Å². The lowest BCUT2D eigenvalue weighted by molar-refractivity contribution is 0.392. The van der Waals surface area contributed by atoms with E-state index in [1.807, 2.05) is 0 Å². The van der Waals surface area contributed by atoms with Crippen molar-refractivity contribution in [3.63, 3.8) is 0 Å². The molecule has 1 N–H and O–H groups in total. The zero-order valence-corrected chi connectivity index (χ0v) is 9.55. The summed E-state index contributed by atoms with van der Waals surface area (Å²) in [5.41, 5.74) is 2.68. The molecule has 1 aromatic carbocycles. The number of nitrogens with one attached hydrogen (secondary N) is 1. The van der Waals surface area contributed by atoms with E-state index in [9.17, 15) is 0 Å². The molecule has 1 aliphatic heterocycles. The summed E-state index contributed by atoms with van der Waals surface area (Å²) >= 11 is 0. The van der Waals surface area contributed by atoms with Crippen LogP contribution in [0.5, 0.6) is 5.75 Å². The standard InChI is InChI=1S/C13H19NO/c1-10-5-6-13(15-2)12(8-10)11-4-3-7-14-9-11/h5-6,8,11,14H,3-4,7,9H2,1-2H3. The summed E-state index contributed by atoms with van der Waals surface area (Å²) in [6.45, 7) is 4.38. The zero-order chi connectivity index (χ0) is 10.7. The summed E-state index contributed by atoms with van der Waals surface area (Å²) in [5, 5.41) is 3.45. The third-order valence-electron chi connectivity index (χ3n) is 3.12. The van der Waals surface area contributed by atoms with Crippen LogP contribution in [0.1, 0.15) is 29.9 Å². The molecule has 1 saturated heterocycles. The Bertz CT molecular complexity index is 329. The lowest BCUT2D eigenvalue weighted by Gasteiger charge is -2.25. The summed E-state index contributed by atoms with van der Waals surface area (Å²) < 4.78 is 5.43. The maximum atomic E-state index is 5.43. The van der Waals surface area contributed by atoms with Crippen LogP contribution in [-0.2, 0) is 0 Å². The second-order valence-electron chi connectivity index (χ2n) is 4.29. The van der Waals surface area contributed by atoms with Crippen LogP contribution in [-0.4, -0.2) is 20.2 Å². The van der Waals surface area contributed by atoms with E-state index in [1.54, 1.807) is 7.11 Å². The van der Waals surface area contributed by atoms with Crippen molar-refractivity contribution in [1.29, 1.82) is 0 Å². The number of piperidine rings is 1. The maximum Gasteiger partial charge on any atom is 0.122 e. The van der Waals surface area contributed by atoms with Gasteiger partial charge in [-0.2, -0.15) is 0 Å². The van der Waals surface area contributed by atoms with Crippen LogP contribution in [0, 0.1) is 6.92 Å². The maximum absolute atomic E-state index is 5.43. The van der Waals surface area contributed by atoms with Gasteiger partial charge < -0.3 is 10.1 Å². The average Bonchev–Trinajstić information content (AvgIpc) is 2.30. The molecule has 0 aliphatic carbocycles. The quantitative estimate of drug-likeness (QED) is 0.801. The van der Waals surface area contributed by atoms with E-state index in [2.05, 4.69) is 30.4 Å². The largest absolute Gasteiger partial charge is 0.496 e. The van der Waals surface area contributed by atoms with Gasteiger partial charge in [0.2, 0.25) is 0 Å². The Hall–Kier alpha value is -1.02. The van der Waals surface area contributed by atoms with Crippen molar-refractivity contribution in [3.8, 4) is 5.75 Å². The third-order valence-corrected chi connectivity index (χ3v) is 3.12. The van der Waals surface area contributed by atoms with E-state index in [1.165, 1.54) is 24.0 Å². The Kier molecular flexibility index (Phi) is 3.27. The van der Waals surface area contributed by atoms with Crippen molar-refractivity contribution in [2.45, 2.75) is 25.7 Å². The minimum atomic E-state index is 0.619. The Balaban J connectivity index is 2.27. The molecule has 0 aromatic heterocycles. The fourth-order valence-electron chi connectivity index (χ4n) is 2.29. The predicted molar refractivity (Wildman–Crippen MR) is 62.6 cm³/mol. The van der Waals surface area contributed by atoms with Gasteiger partial charge in [-0.25, -0.2) is 0 Å². The van der Waals surface area contributed by atoms with Gasteiger partial charge >= 0.3 is 0 Å². The van der Waals surface area contributed by atoms with Crippen LogP contribution in [0.15, 0.2) is 18.2 Å². The molecule has 0 amide bonds. The molecule has 1 aromatic rings. The Morgan fingerprint density at radius 2 is 2.27 bits per heavy atom. The first-order chi connectivity index (χ1) is 7.31. The Morgan fingerprint density at radius 3 is 2.93 bits per heavy atom.